The van der Waals surface area contributed by atoms with Crippen LogP contribution in [-0.2, 0) is 4.74 Å². The summed E-state index contributed by atoms with van der Waals surface area (Å²) in [6.45, 7) is 1.24. The number of nitrogens with one attached hydrogen (secondary N) is 1. The Morgan fingerprint density at radius 3 is 2.90 bits per heavy atom. The Morgan fingerprint density at radius 1 is 1.29 bits per heavy atom. The van der Waals surface area contributed by atoms with Gasteiger partial charge in [-0.1, -0.05) is 0 Å². The zero-order valence-corrected chi connectivity index (χ0v) is 11.2. The largest absolute Gasteiger partial charge is 0.472 e. The minimum atomic E-state index is -0.309. The third-order valence-corrected chi connectivity index (χ3v) is 2.96. The molecule has 1 amide bonds. The fraction of sp³-hybridized carbons (Fsp3) is 0.286. The van der Waals surface area contributed by atoms with Gasteiger partial charge >= 0.3 is 0 Å². The molecule has 1 aliphatic heterocycles. The number of anilines is 1. The van der Waals surface area contributed by atoms with Crippen LogP contribution in [0.4, 0.5) is 5.95 Å². The van der Waals surface area contributed by atoms with Crippen LogP contribution in [0.3, 0.4) is 0 Å². The highest BCUT2D eigenvalue weighted by Gasteiger charge is 2.18. The molecule has 1 saturated heterocycles. The smallest absolute Gasteiger partial charge is 0.258 e. The van der Waals surface area contributed by atoms with Crippen molar-refractivity contribution in [1.82, 2.24) is 15.0 Å². The number of aromatic nitrogens is 3. The molecule has 0 bridgehead atoms. The standard InChI is InChI=1S/C14H14N4O3/c19-13(18-14-16-4-1-5-17-14)10-2-6-15-12(8-10)21-11-3-7-20-9-11/h1-2,4-6,8,11H,3,7,9H2,(H,16,17,18,19). The molecule has 0 aliphatic carbocycles. The van der Waals surface area contributed by atoms with Gasteiger partial charge in [-0.25, -0.2) is 15.0 Å². The molecular formula is C14H14N4O3. The van der Waals surface area contributed by atoms with Crippen LogP contribution in [0.25, 0.3) is 0 Å². The molecule has 21 heavy (non-hydrogen) atoms. The van der Waals surface area contributed by atoms with Gasteiger partial charge in [0.05, 0.1) is 13.2 Å². The summed E-state index contributed by atoms with van der Waals surface area (Å²) in [5, 5.41) is 2.61. The van der Waals surface area contributed by atoms with Crippen molar-refractivity contribution in [2.75, 3.05) is 18.5 Å². The number of carbonyl (C=O) groups is 1. The highest BCUT2D eigenvalue weighted by atomic mass is 16.5. The lowest BCUT2D eigenvalue weighted by Crippen LogP contribution is -2.18. The second kappa shape index (κ2) is 6.27. The normalized spacial score (nSPS) is 17.4. The van der Waals surface area contributed by atoms with E-state index in [0.717, 1.165) is 6.42 Å². The van der Waals surface area contributed by atoms with Crippen LogP contribution < -0.4 is 10.1 Å². The summed E-state index contributed by atoms with van der Waals surface area (Å²) in [5.41, 5.74) is 0.436. The maximum Gasteiger partial charge on any atom is 0.258 e. The van der Waals surface area contributed by atoms with E-state index in [2.05, 4.69) is 20.3 Å². The van der Waals surface area contributed by atoms with Gasteiger partial charge in [0, 0.05) is 36.6 Å². The molecule has 1 fully saturated rings. The van der Waals surface area contributed by atoms with Crippen molar-refractivity contribution in [2.45, 2.75) is 12.5 Å². The Hall–Kier alpha value is -2.54. The Kier molecular flexibility index (Phi) is 4.02. The second-order valence-electron chi connectivity index (χ2n) is 4.51. The molecule has 2 aromatic heterocycles. The van der Waals surface area contributed by atoms with E-state index in [0.29, 0.717) is 24.7 Å². The molecule has 7 nitrogen and oxygen atoms in total. The summed E-state index contributed by atoms with van der Waals surface area (Å²) in [5.74, 6) is 0.356. The van der Waals surface area contributed by atoms with Gasteiger partial charge < -0.3 is 9.47 Å². The number of hydrogen-bond acceptors (Lipinski definition) is 6. The third-order valence-electron chi connectivity index (χ3n) is 2.96. The van der Waals surface area contributed by atoms with E-state index in [4.69, 9.17) is 9.47 Å². The average Bonchev–Trinajstić information content (AvgIpc) is 3.01. The van der Waals surface area contributed by atoms with Gasteiger partial charge in [-0.15, -0.1) is 0 Å². The first-order chi connectivity index (χ1) is 10.3. The molecule has 0 radical (unpaired) electrons. The van der Waals surface area contributed by atoms with Crippen LogP contribution >= 0.6 is 0 Å². The van der Waals surface area contributed by atoms with E-state index in [-0.39, 0.29) is 18.0 Å². The predicted molar refractivity (Wildman–Crippen MR) is 74.1 cm³/mol. The van der Waals surface area contributed by atoms with Crippen LogP contribution in [0.1, 0.15) is 16.8 Å². The molecule has 1 aliphatic rings. The highest BCUT2D eigenvalue weighted by molar-refractivity contribution is 6.03. The lowest BCUT2D eigenvalue weighted by Gasteiger charge is -2.11. The van der Waals surface area contributed by atoms with Crippen LogP contribution in [0.5, 0.6) is 5.88 Å². The van der Waals surface area contributed by atoms with Crippen molar-refractivity contribution < 1.29 is 14.3 Å². The van der Waals surface area contributed by atoms with Crippen molar-refractivity contribution >= 4 is 11.9 Å². The summed E-state index contributed by atoms with van der Waals surface area (Å²) in [6.07, 6.45) is 5.48. The first-order valence-electron chi connectivity index (χ1n) is 6.60. The molecule has 0 aromatic carbocycles. The Labute approximate surface area is 121 Å². The lowest BCUT2D eigenvalue weighted by molar-refractivity contribution is 0.102. The van der Waals surface area contributed by atoms with Gasteiger partial charge in [0.1, 0.15) is 6.10 Å². The van der Waals surface area contributed by atoms with E-state index in [1.54, 1.807) is 30.6 Å². The predicted octanol–water partition coefficient (Wildman–Crippen LogP) is 1.29. The van der Waals surface area contributed by atoms with Crippen molar-refractivity contribution in [1.29, 1.82) is 0 Å². The Morgan fingerprint density at radius 2 is 2.14 bits per heavy atom. The van der Waals surface area contributed by atoms with Gasteiger partial charge in [0.15, 0.2) is 0 Å². The highest BCUT2D eigenvalue weighted by Crippen LogP contribution is 2.16. The van der Waals surface area contributed by atoms with Crippen LogP contribution in [-0.4, -0.2) is 40.2 Å². The summed E-state index contributed by atoms with van der Waals surface area (Å²) in [6, 6.07) is 4.88. The number of nitrogens with zero attached hydrogens (tertiary/aromatic N) is 3. The van der Waals surface area contributed by atoms with Crippen LogP contribution in [0.2, 0.25) is 0 Å². The van der Waals surface area contributed by atoms with E-state index in [1.165, 1.54) is 6.20 Å². The Bertz CT molecular complexity index is 615. The molecule has 108 valence electrons. The molecule has 1 N–H and O–H groups in total. The van der Waals surface area contributed by atoms with Crippen molar-refractivity contribution in [2.24, 2.45) is 0 Å². The third kappa shape index (κ3) is 3.51. The van der Waals surface area contributed by atoms with Crippen molar-refractivity contribution in [3.05, 3.63) is 42.4 Å². The van der Waals surface area contributed by atoms with Gasteiger partial charge in [-0.3, -0.25) is 10.1 Å². The number of carbonyl (C=O) groups excluding carboxylic acids is 1. The number of rotatable bonds is 4. The van der Waals surface area contributed by atoms with Crippen molar-refractivity contribution in [3.8, 4) is 5.88 Å². The number of pyridine rings is 1. The molecule has 1 atom stereocenters. The summed E-state index contributed by atoms with van der Waals surface area (Å²) >= 11 is 0. The van der Waals surface area contributed by atoms with Gasteiger partial charge in [0.2, 0.25) is 11.8 Å². The van der Waals surface area contributed by atoms with Crippen LogP contribution in [0.15, 0.2) is 36.8 Å². The van der Waals surface area contributed by atoms with Crippen molar-refractivity contribution in [3.63, 3.8) is 0 Å². The van der Waals surface area contributed by atoms with E-state index < -0.39 is 0 Å². The zero-order valence-electron chi connectivity index (χ0n) is 11.2. The van der Waals surface area contributed by atoms with Crippen LogP contribution in [0, 0.1) is 0 Å². The Balaban J connectivity index is 1.68. The molecule has 0 spiro atoms. The molecule has 0 saturated carbocycles. The minimum Gasteiger partial charge on any atom is -0.472 e. The van der Waals surface area contributed by atoms with Gasteiger partial charge in [-0.05, 0) is 12.1 Å². The maximum absolute atomic E-state index is 12.1. The summed E-state index contributed by atoms with van der Waals surface area (Å²) < 4.78 is 10.9. The summed E-state index contributed by atoms with van der Waals surface area (Å²) in [7, 11) is 0. The minimum absolute atomic E-state index is 0.00623. The van der Waals surface area contributed by atoms with Gasteiger partial charge in [-0.2, -0.15) is 0 Å². The van der Waals surface area contributed by atoms with E-state index in [9.17, 15) is 4.79 Å². The topological polar surface area (TPSA) is 86.2 Å². The SMILES string of the molecule is O=C(Nc1ncccn1)c1ccnc(OC2CCOC2)c1. The van der Waals surface area contributed by atoms with E-state index >= 15 is 0 Å². The monoisotopic (exact) mass is 286 g/mol. The fourth-order valence-electron chi connectivity index (χ4n) is 1.93. The summed E-state index contributed by atoms with van der Waals surface area (Å²) in [4.78, 5) is 24.1. The average molecular weight is 286 g/mol. The molecular weight excluding hydrogens is 272 g/mol. The fourth-order valence-corrected chi connectivity index (χ4v) is 1.93. The molecule has 3 rings (SSSR count). The molecule has 1 unspecified atom stereocenters. The molecule has 2 aromatic rings. The van der Waals surface area contributed by atoms with E-state index in [1.807, 2.05) is 0 Å². The number of hydrogen-bond donors (Lipinski definition) is 1. The quantitative estimate of drug-likeness (QED) is 0.911. The zero-order chi connectivity index (χ0) is 14.5. The molecule has 3 heterocycles. The number of ether oxygens (including phenoxy) is 2. The number of amides is 1. The molecule has 7 heteroatoms. The maximum atomic E-state index is 12.1. The van der Waals surface area contributed by atoms with Gasteiger partial charge in [0.25, 0.3) is 5.91 Å². The first-order valence-corrected chi connectivity index (χ1v) is 6.60. The first kappa shape index (κ1) is 13.4. The second-order valence-corrected chi connectivity index (χ2v) is 4.51. The lowest BCUT2D eigenvalue weighted by atomic mass is 10.2.